The van der Waals surface area contributed by atoms with Crippen molar-refractivity contribution in [3.8, 4) is 28.7 Å². The lowest BCUT2D eigenvalue weighted by Gasteiger charge is -2.19. The van der Waals surface area contributed by atoms with Crippen molar-refractivity contribution in [3.63, 3.8) is 0 Å². The second-order valence-corrected chi connectivity index (χ2v) is 8.49. The number of carbonyl (C=O) groups excluding carboxylic acids is 1. The fraction of sp³-hybridized carbons (Fsp3) is 0.321. The first-order valence-electron chi connectivity index (χ1n) is 14.2. The van der Waals surface area contributed by atoms with Crippen LogP contribution in [0.1, 0.15) is 24.9 Å². The molecule has 2 unspecified atom stereocenters. The van der Waals surface area contributed by atoms with Gasteiger partial charge in [0.1, 0.15) is 6.61 Å². The zero-order chi connectivity index (χ0) is 29.2. The van der Waals surface area contributed by atoms with Crippen LogP contribution in [-0.2, 0) is 29.0 Å². The molecule has 182 valence electrons. The second kappa shape index (κ2) is 10.2. The van der Waals surface area contributed by atoms with Crippen LogP contribution in [-0.4, -0.2) is 33.4 Å². The molecule has 1 saturated heterocycles. The van der Waals surface area contributed by atoms with Crippen molar-refractivity contribution >= 4 is 5.97 Å². The molecule has 2 atom stereocenters. The van der Waals surface area contributed by atoms with E-state index in [0.29, 0.717) is 23.5 Å². The Hall–Kier alpha value is -3.87. The summed E-state index contributed by atoms with van der Waals surface area (Å²) in [6.07, 6.45) is 0.643. The number of methoxy groups -OCH3 is 2. The minimum absolute atomic E-state index is 0.00145. The maximum atomic E-state index is 12.8. The van der Waals surface area contributed by atoms with Crippen LogP contribution in [0.4, 0.5) is 0 Å². The number of ether oxygens (including phenoxy) is 6. The molecule has 0 aromatic heterocycles. The molecule has 7 heteroatoms. The van der Waals surface area contributed by atoms with E-state index < -0.39 is 26.0 Å². The lowest BCUT2D eigenvalue weighted by molar-refractivity contribution is -0.141. The summed E-state index contributed by atoms with van der Waals surface area (Å²) >= 11 is 0. The molecule has 0 radical (unpaired) electrons. The molecular weight excluding hydrogens is 448 g/mol. The first kappa shape index (κ1) is 16.7. The second-order valence-electron chi connectivity index (χ2n) is 8.49. The lowest BCUT2D eigenvalue weighted by Crippen LogP contribution is -2.20. The monoisotopic (exact) mass is 482 g/mol. The Morgan fingerprint density at radius 2 is 1.63 bits per heavy atom. The van der Waals surface area contributed by atoms with Crippen molar-refractivity contribution in [2.45, 2.75) is 19.4 Å². The standard InChI is InChI=1S/C28H28O7/c1-30-25-13-20(14-26(31-2)27(25)32-15-18-6-4-3-5-7-18)11-22-21(16-33-28(22)29)10-19-8-9-23-24(12-19)35-17-34-23/h3-9,12-14,21-22H,10-11,15-17H2,1-2H3/i1D3,2D3. The van der Waals surface area contributed by atoms with Crippen LogP contribution in [0.3, 0.4) is 0 Å². The van der Waals surface area contributed by atoms with Crippen LogP contribution < -0.4 is 23.7 Å². The summed E-state index contributed by atoms with van der Waals surface area (Å²) in [6.45, 7) is 0.355. The summed E-state index contributed by atoms with van der Waals surface area (Å²) in [5.74, 6) is -0.524. The number of hydrogen-bond donors (Lipinski definition) is 0. The summed E-state index contributed by atoms with van der Waals surface area (Å²) in [5, 5.41) is 0. The molecule has 0 N–H and O–H groups in total. The van der Waals surface area contributed by atoms with Gasteiger partial charge < -0.3 is 28.4 Å². The highest BCUT2D eigenvalue weighted by molar-refractivity contribution is 5.75. The van der Waals surface area contributed by atoms with E-state index in [2.05, 4.69) is 0 Å². The number of carbonyl (C=O) groups is 1. The van der Waals surface area contributed by atoms with Gasteiger partial charge in [0.05, 0.1) is 34.8 Å². The van der Waals surface area contributed by atoms with Gasteiger partial charge in [0, 0.05) is 5.92 Å². The number of rotatable bonds is 9. The van der Waals surface area contributed by atoms with Crippen LogP contribution in [0.25, 0.3) is 0 Å². The van der Waals surface area contributed by atoms with Crippen LogP contribution >= 0.6 is 0 Å². The maximum absolute atomic E-state index is 12.8. The van der Waals surface area contributed by atoms with Crippen molar-refractivity contribution in [3.05, 3.63) is 77.4 Å². The minimum Gasteiger partial charge on any atom is -0.493 e. The van der Waals surface area contributed by atoms with Gasteiger partial charge in [-0.1, -0.05) is 36.4 Å². The number of cyclic esters (lactones) is 1. The zero-order valence-corrected chi connectivity index (χ0v) is 18.8. The molecule has 0 saturated carbocycles. The van der Waals surface area contributed by atoms with E-state index in [1.165, 1.54) is 12.1 Å². The average molecular weight is 483 g/mol. The van der Waals surface area contributed by atoms with Crippen LogP contribution in [0.2, 0.25) is 0 Å². The Bertz CT molecular complexity index is 1350. The Labute approximate surface area is 212 Å². The van der Waals surface area contributed by atoms with Crippen LogP contribution in [0.15, 0.2) is 60.7 Å². The highest BCUT2D eigenvalue weighted by atomic mass is 16.7. The van der Waals surface area contributed by atoms with Gasteiger partial charge in [-0.3, -0.25) is 4.79 Å². The summed E-state index contributed by atoms with van der Waals surface area (Å²) < 4.78 is 78.5. The third-order valence-electron chi connectivity index (χ3n) is 6.23. The SMILES string of the molecule is [2H]C([2H])([2H])Oc1cc(CC2C(=O)OCC2Cc2ccc3c(c2)OCO3)cc(OC([2H])([2H])[2H])c1OCc1ccccc1. The topological polar surface area (TPSA) is 72.5 Å². The first-order chi connectivity index (χ1) is 19.4. The minimum atomic E-state index is -2.87. The predicted octanol–water partition coefficient (Wildman–Crippen LogP) is 4.59. The molecule has 3 aromatic carbocycles. The number of esters is 1. The quantitative estimate of drug-likeness (QED) is 0.413. The van der Waals surface area contributed by atoms with Gasteiger partial charge in [0.2, 0.25) is 12.5 Å². The van der Waals surface area contributed by atoms with Gasteiger partial charge in [-0.25, -0.2) is 0 Å². The molecular formula is C28H28O7. The summed E-state index contributed by atoms with van der Waals surface area (Å²) in [7, 11) is -5.73. The summed E-state index contributed by atoms with van der Waals surface area (Å²) in [4.78, 5) is 12.8. The number of fused-ring (bicyclic) bond motifs is 1. The zero-order valence-electron chi connectivity index (χ0n) is 24.8. The van der Waals surface area contributed by atoms with E-state index >= 15 is 0 Å². The maximum Gasteiger partial charge on any atom is 0.309 e. The van der Waals surface area contributed by atoms with Crippen molar-refractivity contribution in [2.75, 3.05) is 27.5 Å². The van der Waals surface area contributed by atoms with Gasteiger partial charge in [-0.2, -0.15) is 0 Å². The highest BCUT2D eigenvalue weighted by Crippen LogP contribution is 2.41. The fourth-order valence-corrected chi connectivity index (χ4v) is 4.45. The molecule has 3 aromatic rings. The van der Waals surface area contributed by atoms with E-state index in [1.54, 1.807) is 12.1 Å². The molecule has 2 aliphatic rings. The van der Waals surface area contributed by atoms with Gasteiger partial charge in [0.15, 0.2) is 23.0 Å². The fourth-order valence-electron chi connectivity index (χ4n) is 4.45. The molecule has 2 aliphatic heterocycles. The highest BCUT2D eigenvalue weighted by Gasteiger charge is 2.37. The summed E-state index contributed by atoms with van der Waals surface area (Å²) in [5.41, 5.74) is 2.12. The van der Waals surface area contributed by atoms with Gasteiger partial charge >= 0.3 is 5.97 Å². The van der Waals surface area contributed by atoms with E-state index in [-0.39, 0.29) is 49.6 Å². The van der Waals surface area contributed by atoms with E-state index in [9.17, 15) is 4.79 Å². The smallest absolute Gasteiger partial charge is 0.309 e. The number of hydrogen-bond acceptors (Lipinski definition) is 7. The Morgan fingerprint density at radius 1 is 0.857 bits per heavy atom. The van der Waals surface area contributed by atoms with Gasteiger partial charge in [-0.15, -0.1) is 0 Å². The van der Waals surface area contributed by atoms with Crippen LogP contribution in [0.5, 0.6) is 28.7 Å². The van der Waals surface area contributed by atoms with E-state index in [4.69, 9.17) is 36.6 Å². The number of benzene rings is 3. The largest absolute Gasteiger partial charge is 0.493 e. The lowest BCUT2D eigenvalue weighted by atomic mass is 9.85. The molecule has 0 amide bonds. The van der Waals surface area contributed by atoms with Gasteiger partial charge in [0.25, 0.3) is 0 Å². The Kier molecular flexibility index (Phi) is 4.86. The Balaban J connectivity index is 1.44. The van der Waals surface area contributed by atoms with Crippen molar-refractivity contribution in [2.24, 2.45) is 11.8 Å². The van der Waals surface area contributed by atoms with Crippen molar-refractivity contribution < 1.29 is 41.4 Å². The molecule has 5 rings (SSSR count). The van der Waals surface area contributed by atoms with Crippen LogP contribution in [0, 0.1) is 11.8 Å². The van der Waals surface area contributed by atoms with E-state index in [1.807, 2.05) is 36.4 Å². The molecule has 2 heterocycles. The molecule has 1 fully saturated rings. The first-order valence-corrected chi connectivity index (χ1v) is 11.2. The predicted molar refractivity (Wildman–Crippen MR) is 128 cm³/mol. The van der Waals surface area contributed by atoms with E-state index in [0.717, 1.165) is 11.1 Å². The third-order valence-corrected chi connectivity index (χ3v) is 6.23. The molecule has 35 heavy (non-hydrogen) atoms. The van der Waals surface area contributed by atoms with Gasteiger partial charge in [-0.05, 0) is 53.8 Å². The third kappa shape index (κ3) is 4.99. The molecule has 0 spiro atoms. The normalized spacial score (nSPS) is 21.5. The Morgan fingerprint density at radius 3 is 2.40 bits per heavy atom. The molecule has 0 bridgehead atoms. The average Bonchev–Trinajstić information content (AvgIpc) is 3.49. The van der Waals surface area contributed by atoms with Crippen molar-refractivity contribution in [1.82, 2.24) is 0 Å². The van der Waals surface area contributed by atoms with Crippen molar-refractivity contribution in [1.29, 1.82) is 0 Å². The molecule has 0 aliphatic carbocycles. The summed E-state index contributed by atoms with van der Waals surface area (Å²) in [6, 6.07) is 17.5. The molecule has 7 nitrogen and oxygen atoms in total.